The summed E-state index contributed by atoms with van der Waals surface area (Å²) in [5.74, 6) is -2.92. The van der Waals surface area contributed by atoms with E-state index in [1.807, 2.05) is 85.7 Å². The fraction of sp³-hybridized carbons (Fsp3) is 0.692. The van der Waals surface area contributed by atoms with Crippen molar-refractivity contribution in [2.45, 2.75) is 143 Å². The molecule has 13 nitrogen and oxygen atoms in total. The molecule has 2 unspecified atom stereocenters. The second-order valence-electron chi connectivity index (χ2n) is 15.5. The zero-order chi connectivity index (χ0) is 39.2. The number of hydrogen-bond donors (Lipinski definition) is 6. The number of nitrogens with one attached hydrogen (secondary N) is 5. The number of amides is 5. The summed E-state index contributed by atoms with van der Waals surface area (Å²) in [6, 6.07) is 5.13. The highest BCUT2D eigenvalue weighted by Gasteiger charge is 2.53. The van der Waals surface area contributed by atoms with Crippen LogP contribution < -0.4 is 32.3 Å². The van der Waals surface area contributed by atoms with Crippen LogP contribution >= 0.6 is 0 Å². The predicted molar refractivity (Wildman–Crippen MR) is 200 cm³/mol. The zero-order valence-corrected chi connectivity index (χ0v) is 32.7. The summed E-state index contributed by atoms with van der Waals surface area (Å²) in [6.45, 7) is 17.0. The highest BCUT2D eigenvalue weighted by molar-refractivity contribution is 5.95. The molecule has 0 aliphatic heterocycles. The minimum absolute atomic E-state index is 0.110. The van der Waals surface area contributed by atoms with Crippen LogP contribution in [0.2, 0.25) is 0 Å². The zero-order valence-electron chi connectivity index (χ0n) is 32.7. The number of carbonyl (C=O) groups excluding carboxylic acids is 6. The highest BCUT2D eigenvalue weighted by Crippen LogP contribution is 2.37. The smallest absolute Gasteiger partial charge is 0.331 e. The van der Waals surface area contributed by atoms with E-state index in [-0.39, 0.29) is 49.0 Å². The molecule has 1 saturated carbocycles. The summed E-state index contributed by atoms with van der Waals surface area (Å²) in [6.07, 6.45) is 2.29. The molecule has 1 aromatic carbocycles. The molecule has 0 radical (unpaired) electrons. The molecule has 2 rings (SSSR count). The first-order valence-electron chi connectivity index (χ1n) is 18.9. The standard InChI is InChI=1S/C39H64N6O7/c1-10-26(9)34(37(50)45-39(17-18-39)38(51)52-11-2)43-32(47)22-28(40)29(21-27-15-13-12-14-16-27)42-36(49)33(25(7)8)44-35(48)30(19-23(3)4)41-31(46)20-24(5)6/h12-16,23-26,28-30,33-34H,10-11,17-22,40H2,1-9H3,(H,41,46)(H,42,49)(H,43,47)(H,44,48)(H,45,50)/t26-,28?,29?,30-,33-,34-/m0/s1. The molecular formula is C39H64N6O7. The van der Waals surface area contributed by atoms with Gasteiger partial charge in [0, 0.05) is 24.9 Å². The van der Waals surface area contributed by atoms with E-state index in [1.54, 1.807) is 6.92 Å². The summed E-state index contributed by atoms with van der Waals surface area (Å²) in [4.78, 5) is 79.4. The molecule has 52 heavy (non-hydrogen) atoms. The Morgan fingerprint density at radius 2 is 1.37 bits per heavy atom. The number of ether oxygens (including phenoxy) is 1. The van der Waals surface area contributed by atoms with Crippen molar-refractivity contribution >= 4 is 35.5 Å². The Balaban J connectivity index is 2.24. The van der Waals surface area contributed by atoms with Crippen molar-refractivity contribution in [3.05, 3.63) is 35.9 Å². The van der Waals surface area contributed by atoms with E-state index in [2.05, 4.69) is 26.6 Å². The van der Waals surface area contributed by atoms with Gasteiger partial charge >= 0.3 is 5.97 Å². The number of rotatable bonds is 22. The minimum Gasteiger partial charge on any atom is -0.464 e. The third-order valence-corrected chi connectivity index (χ3v) is 9.35. The van der Waals surface area contributed by atoms with Crippen molar-refractivity contribution in [3.63, 3.8) is 0 Å². The molecular weight excluding hydrogens is 664 g/mol. The van der Waals surface area contributed by atoms with Crippen LogP contribution in [0.25, 0.3) is 0 Å². The molecule has 1 aliphatic rings. The van der Waals surface area contributed by atoms with Gasteiger partial charge in [-0.3, -0.25) is 24.0 Å². The van der Waals surface area contributed by atoms with Crippen LogP contribution in [0, 0.1) is 23.7 Å². The Labute approximate surface area is 310 Å². The maximum absolute atomic E-state index is 13.9. The maximum Gasteiger partial charge on any atom is 0.331 e. The largest absolute Gasteiger partial charge is 0.464 e. The predicted octanol–water partition coefficient (Wildman–Crippen LogP) is 2.89. The van der Waals surface area contributed by atoms with E-state index >= 15 is 0 Å². The van der Waals surface area contributed by atoms with E-state index in [0.717, 1.165) is 5.56 Å². The Morgan fingerprint density at radius 3 is 1.88 bits per heavy atom. The van der Waals surface area contributed by atoms with E-state index in [4.69, 9.17) is 10.5 Å². The molecule has 292 valence electrons. The third kappa shape index (κ3) is 14.2. The SMILES string of the molecule is CCOC(=O)C1(NC(=O)[C@@H](NC(=O)CC(N)C(Cc2ccccc2)NC(=O)[C@@H](NC(=O)[C@H](CC(C)C)NC(=O)CC(C)C)C(C)C)[C@@H](C)CC)CC1. The van der Waals surface area contributed by atoms with Gasteiger partial charge in [0.25, 0.3) is 0 Å². The molecule has 0 bridgehead atoms. The second-order valence-corrected chi connectivity index (χ2v) is 15.5. The van der Waals surface area contributed by atoms with Crippen LogP contribution in [0.5, 0.6) is 0 Å². The van der Waals surface area contributed by atoms with E-state index in [9.17, 15) is 28.8 Å². The van der Waals surface area contributed by atoms with Gasteiger partial charge < -0.3 is 37.1 Å². The normalized spacial score (nSPS) is 16.9. The molecule has 1 aliphatic carbocycles. The van der Waals surface area contributed by atoms with Crippen LogP contribution in [0.1, 0.15) is 106 Å². The van der Waals surface area contributed by atoms with Crippen LogP contribution in [0.15, 0.2) is 30.3 Å². The maximum atomic E-state index is 13.9. The molecule has 6 atom stereocenters. The Hall–Kier alpha value is -4.00. The summed E-state index contributed by atoms with van der Waals surface area (Å²) in [7, 11) is 0. The summed E-state index contributed by atoms with van der Waals surface area (Å²) in [5, 5.41) is 14.3. The number of nitrogens with two attached hydrogens (primary N) is 1. The summed E-state index contributed by atoms with van der Waals surface area (Å²) < 4.78 is 5.15. The molecule has 7 N–H and O–H groups in total. The van der Waals surface area contributed by atoms with Crippen LogP contribution in [-0.2, 0) is 39.9 Å². The van der Waals surface area contributed by atoms with E-state index in [1.165, 1.54) is 0 Å². The second kappa shape index (κ2) is 20.9. The minimum atomic E-state index is -1.07. The molecule has 1 fully saturated rings. The lowest BCUT2D eigenvalue weighted by atomic mass is 9.94. The molecule has 13 heteroatoms. The number of esters is 1. The van der Waals surface area contributed by atoms with Gasteiger partial charge in [0.1, 0.15) is 23.7 Å². The van der Waals surface area contributed by atoms with Crippen molar-refractivity contribution in [3.8, 4) is 0 Å². The van der Waals surface area contributed by atoms with Gasteiger partial charge in [-0.2, -0.15) is 0 Å². The molecule has 1 aromatic rings. The van der Waals surface area contributed by atoms with Crippen molar-refractivity contribution in [1.29, 1.82) is 0 Å². The molecule has 0 spiro atoms. The van der Waals surface area contributed by atoms with Crippen molar-refractivity contribution in [1.82, 2.24) is 26.6 Å². The fourth-order valence-electron chi connectivity index (χ4n) is 5.94. The third-order valence-electron chi connectivity index (χ3n) is 9.35. The van der Waals surface area contributed by atoms with E-state index in [0.29, 0.717) is 32.1 Å². The number of benzene rings is 1. The lowest BCUT2D eigenvalue weighted by Crippen LogP contribution is -2.60. The first-order valence-corrected chi connectivity index (χ1v) is 18.9. The van der Waals surface area contributed by atoms with Crippen LogP contribution in [0.3, 0.4) is 0 Å². The first kappa shape index (κ1) is 44.2. The Morgan fingerprint density at radius 1 is 0.750 bits per heavy atom. The van der Waals surface area contributed by atoms with Gasteiger partial charge in [-0.15, -0.1) is 0 Å². The summed E-state index contributed by atoms with van der Waals surface area (Å²) >= 11 is 0. The van der Waals surface area contributed by atoms with Gasteiger partial charge in [0.05, 0.1) is 6.61 Å². The van der Waals surface area contributed by atoms with Crippen molar-refractivity contribution in [2.24, 2.45) is 29.4 Å². The molecule has 0 heterocycles. The Kier molecular flexibility index (Phi) is 17.7. The van der Waals surface area contributed by atoms with Crippen molar-refractivity contribution < 1.29 is 33.5 Å². The van der Waals surface area contributed by atoms with E-state index < -0.39 is 65.3 Å². The summed E-state index contributed by atoms with van der Waals surface area (Å²) in [5.41, 5.74) is 6.47. The number of carbonyl (C=O) groups is 6. The topological polar surface area (TPSA) is 198 Å². The Bertz CT molecular complexity index is 1350. The average molecular weight is 729 g/mol. The monoisotopic (exact) mass is 728 g/mol. The first-order chi connectivity index (χ1) is 24.4. The van der Waals surface area contributed by atoms with Gasteiger partial charge in [0.2, 0.25) is 29.5 Å². The molecule has 0 saturated heterocycles. The van der Waals surface area contributed by atoms with Gasteiger partial charge in [0.15, 0.2) is 0 Å². The van der Waals surface area contributed by atoms with Gasteiger partial charge in [-0.25, -0.2) is 4.79 Å². The highest BCUT2D eigenvalue weighted by atomic mass is 16.5. The average Bonchev–Trinajstić information content (AvgIpc) is 3.85. The lowest BCUT2D eigenvalue weighted by molar-refractivity contribution is -0.149. The molecule has 0 aromatic heterocycles. The number of hydrogen-bond acceptors (Lipinski definition) is 8. The van der Waals surface area contributed by atoms with Gasteiger partial charge in [-0.05, 0) is 61.8 Å². The lowest BCUT2D eigenvalue weighted by Gasteiger charge is -2.31. The fourth-order valence-corrected chi connectivity index (χ4v) is 5.94. The van der Waals surface area contributed by atoms with Crippen LogP contribution in [0.4, 0.5) is 0 Å². The van der Waals surface area contributed by atoms with Gasteiger partial charge in [-0.1, -0.05) is 92.1 Å². The molecule has 5 amide bonds. The van der Waals surface area contributed by atoms with Crippen molar-refractivity contribution in [2.75, 3.05) is 6.61 Å². The van der Waals surface area contributed by atoms with Crippen LogP contribution in [-0.4, -0.2) is 77.9 Å². The quantitative estimate of drug-likeness (QED) is 0.0980.